The van der Waals surface area contributed by atoms with Gasteiger partial charge in [0.25, 0.3) is 0 Å². The zero-order valence-corrected chi connectivity index (χ0v) is 39.4. The van der Waals surface area contributed by atoms with Crippen LogP contribution in [0.4, 0.5) is 4.79 Å². The molecule has 1 aromatic heterocycles. The van der Waals surface area contributed by atoms with Crippen LogP contribution < -0.4 is 21.3 Å². The van der Waals surface area contributed by atoms with Gasteiger partial charge in [0, 0.05) is 76.2 Å². The highest BCUT2D eigenvalue weighted by Crippen LogP contribution is 2.22. The second-order valence-corrected chi connectivity index (χ2v) is 15.2. The van der Waals surface area contributed by atoms with Crippen molar-refractivity contribution in [1.82, 2.24) is 36.1 Å². The van der Waals surface area contributed by atoms with Crippen LogP contribution in [0.2, 0.25) is 0 Å². The molecule has 0 aliphatic rings. The lowest BCUT2D eigenvalue weighted by atomic mass is 10.0. The Morgan fingerprint density at radius 2 is 1.19 bits per heavy atom. The topological polar surface area (TPSA) is 383 Å². The molecule has 0 aliphatic carbocycles. The maximum atomic E-state index is 12.4. The number of hydrogen-bond acceptors (Lipinski definition) is 14. The molecule has 4 amide bonds. The Morgan fingerprint density at radius 3 is 1.74 bits per heavy atom. The minimum atomic E-state index is -1.39. The number of aliphatic carboxylic acids is 6. The first-order valence-electron chi connectivity index (χ1n) is 22.5. The summed E-state index contributed by atoms with van der Waals surface area (Å²) < 4.78 is 0. The molecule has 394 valence electrons. The summed E-state index contributed by atoms with van der Waals surface area (Å²) in [7, 11) is 0. The fraction of sp³-hybridized carbons (Fsp3) is 0.565. The van der Waals surface area contributed by atoms with Crippen LogP contribution >= 0.6 is 0 Å². The van der Waals surface area contributed by atoms with E-state index in [1.807, 2.05) is 24.5 Å². The van der Waals surface area contributed by atoms with E-state index in [0.717, 1.165) is 37.7 Å². The number of phenols is 1. The van der Waals surface area contributed by atoms with Gasteiger partial charge in [-0.25, -0.2) is 9.59 Å². The number of nitrogens with one attached hydrogen (secondary N) is 4. The number of amides is 4. The molecule has 24 heteroatoms. The number of hydrogen-bond donors (Lipinski definition) is 12. The Bertz CT molecular complexity index is 1970. The number of pyridine rings is 1. The van der Waals surface area contributed by atoms with E-state index in [-0.39, 0.29) is 88.3 Å². The molecule has 0 bridgehead atoms. The van der Waals surface area contributed by atoms with Crippen molar-refractivity contribution in [2.24, 2.45) is 0 Å². The zero-order chi connectivity index (χ0) is 52.3. The average molecular weight is 996 g/mol. The van der Waals surface area contributed by atoms with Crippen molar-refractivity contribution in [3.8, 4) is 11.5 Å². The molecular formula is C46H73N7O17. The van der Waals surface area contributed by atoms with Crippen molar-refractivity contribution in [1.29, 1.82) is 0 Å². The highest BCUT2D eigenvalue weighted by atomic mass is 16.4. The van der Waals surface area contributed by atoms with E-state index in [9.17, 15) is 63.6 Å². The first kappa shape index (κ1) is 65.0. The molecule has 0 saturated carbocycles. The standard InChI is InChI=1S/C35H51N5O10.C8H12N2O7.C2H6.CH4/c1-2-3-16-36-31(43)7-5-4-6-17-37-32(44)14-9-25-8-12-29(41)26(20-25)21-39(23-34(47)48)18-19-40(24-35(49)50)22-28-30(42)13-10-27(38-28)11-15-33(45)46;11-5(12)2-1-4(7(15)16)10-8(17)9-3-6(13)14;1-2;/h8,10,12-13,20,41-42H,2-7,9,11,14-19,21-24H2,1H3,(H,36,43)(H,37,44)(H,45,46)(H,47,48)(H,49,50);4H,1-3H2,(H,11,12)(H,13,14)(H,15,16)(H2,9,10,17);1-2H3;1H4. The Hall–Kier alpha value is -7.08. The van der Waals surface area contributed by atoms with Crippen molar-refractivity contribution in [3.63, 3.8) is 0 Å². The lowest BCUT2D eigenvalue weighted by Crippen LogP contribution is -2.47. The van der Waals surface area contributed by atoms with Crippen molar-refractivity contribution >= 4 is 53.7 Å². The monoisotopic (exact) mass is 996 g/mol. The van der Waals surface area contributed by atoms with E-state index >= 15 is 0 Å². The third kappa shape index (κ3) is 32.6. The van der Waals surface area contributed by atoms with Gasteiger partial charge >= 0.3 is 41.8 Å². The van der Waals surface area contributed by atoms with Crippen LogP contribution in [0.3, 0.4) is 0 Å². The molecule has 1 aromatic carbocycles. The van der Waals surface area contributed by atoms with E-state index in [2.05, 4.69) is 22.5 Å². The molecule has 24 nitrogen and oxygen atoms in total. The number of carboxylic acid groups (broad SMARTS) is 6. The first-order chi connectivity index (χ1) is 32.7. The second kappa shape index (κ2) is 37.8. The summed E-state index contributed by atoms with van der Waals surface area (Å²) in [5.74, 6) is -7.45. The number of phenolic OH excluding ortho intramolecular Hbond substituents is 1. The lowest BCUT2D eigenvalue weighted by Gasteiger charge is -2.26. The number of urea groups is 1. The molecule has 0 radical (unpaired) electrons. The van der Waals surface area contributed by atoms with Crippen molar-refractivity contribution < 1.29 is 84.0 Å². The average Bonchev–Trinajstić information content (AvgIpc) is 3.28. The van der Waals surface area contributed by atoms with E-state index in [4.69, 9.17) is 20.4 Å². The van der Waals surface area contributed by atoms with Crippen LogP contribution in [-0.4, -0.2) is 161 Å². The number of unbranched alkanes of at least 4 members (excludes halogenated alkanes) is 3. The van der Waals surface area contributed by atoms with Gasteiger partial charge in [-0.15, -0.1) is 0 Å². The Balaban J connectivity index is 0. The van der Waals surface area contributed by atoms with Crippen molar-refractivity contribution in [2.45, 2.75) is 124 Å². The number of rotatable bonds is 33. The maximum absolute atomic E-state index is 12.4. The number of aromatic hydroxyl groups is 2. The second-order valence-electron chi connectivity index (χ2n) is 15.2. The highest BCUT2D eigenvalue weighted by molar-refractivity contribution is 5.85. The quantitative estimate of drug-likeness (QED) is 0.0457. The Labute approximate surface area is 407 Å². The highest BCUT2D eigenvalue weighted by Gasteiger charge is 2.22. The summed E-state index contributed by atoms with van der Waals surface area (Å²) in [6, 6.07) is 5.40. The van der Waals surface area contributed by atoms with Gasteiger partial charge in [0.2, 0.25) is 11.8 Å². The van der Waals surface area contributed by atoms with Crippen molar-refractivity contribution in [3.05, 3.63) is 52.8 Å². The largest absolute Gasteiger partial charge is 0.508 e. The third-order valence-corrected chi connectivity index (χ3v) is 9.51. The van der Waals surface area contributed by atoms with Gasteiger partial charge in [0.15, 0.2) is 0 Å². The van der Waals surface area contributed by atoms with Gasteiger partial charge in [0.1, 0.15) is 24.1 Å². The number of carbonyl (C=O) groups excluding carboxylic acids is 3. The summed E-state index contributed by atoms with van der Waals surface area (Å²) in [5, 5.41) is 83.8. The number of aryl methyl sites for hydroxylation is 2. The summed E-state index contributed by atoms with van der Waals surface area (Å²) in [6.45, 7) is 5.90. The van der Waals surface area contributed by atoms with E-state index in [1.54, 1.807) is 12.1 Å². The molecule has 12 N–H and O–H groups in total. The number of aromatic nitrogens is 1. The molecular weight excluding hydrogens is 923 g/mol. The minimum absolute atomic E-state index is 0. The number of carboxylic acids is 6. The SMILES string of the molecule is C.CC.CCCCNC(=O)CCCCCNC(=O)CCc1ccc(O)c(CN(CCN(CC(=O)O)Cc2nc(CCC(=O)O)ccc2O)CC(=O)O)c1.O=C(O)CCC(NC(=O)NCC(=O)O)C(=O)O. The molecule has 1 unspecified atom stereocenters. The summed E-state index contributed by atoms with van der Waals surface area (Å²) in [6.07, 6.45) is 4.67. The van der Waals surface area contributed by atoms with Gasteiger partial charge in [-0.2, -0.15) is 0 Å². The van der Waals surface area contributed by atoms with E-state index < -0.39 is 73.9 Å². The third-order valence-electron chi connectivity index (χ3n) is 9.51. The van der Waals surface area contributed by atoms with Gasteiger partial charge in [0.05, 0.1) is 25.2 Å². The van der Waals surface area contributed by atoms with Crippen LogP contribution in [0, 0.1) is 0 Å². The minimum Gasteiger partial charge on any atom is -0.508 e. The van der Waals surface area contributed by atoms with Crippen LogP contribution in [0.1, 0.15) is 115 Å². The molecule has 2 rings (SSSR count). The molecule has 0 fully saturated rings. The number of nitrogens with zero attached hydrogens (tertiary/aromatic N) is 3. The molecule has 0 saturated heterocycles. The van der Waals surface area contributed by atoms with Gasteiger partial charge in [-0.3, -0.25) is 48.3 Å². The Morgan fingerprint density at radius 1 is 0.614 bits per heavy atom. The number of carbonyl (C=O) groups is 9. The van der Waals surface area contributed by atoms with E-state index in [1.165, 1.54) is 28.0 Å². The molecule has 0 aliphatic heterocycles. The fourth-order valence-corrected chi connectivity index (χ4v) is 6.04. The zero-order valence-electron chi connectivity index (χ0n) is 39.4. The molecule has 1 heterocycles. The first-order valence-corrected chi connectivity index (χ1v) is 22.5. The summed E-state index contributed by atoms with van der Waals surface area (Å²) in [4.78, 5) is 108. The maximum Gasteiger partial charge on any atom is 0.326 e. The van der Waals surface area contributed by atoms with Crippen LogP contribution in [0.15, 0.2) is 30.3 Å². The lowest BCUT2D eigenvalue weighted by molar-refractivity contribution is -0.141. The Kier molecular flexibility index (Phi) is 35.1. The molecule has 1 atom stereocenters. The van der Waals surface area contributed by atoms with Gasteiger partial charge in [-0.05, 0) is 55.9 Å². The molecule has 0 spiro atoms. The molecule has 70 heavy (non-hydrogen) atoms. The molecule has 2 aromatic rings. The van der Waals surface area contributed by atoms with Crippen LogP contribution in [0.5, 0.6) is 11.5 Å². The summed E-state index contributed by atoms with van der Waals surface area (Å²) in [5.41, 5.74) is 1.80. The predicted octanol–water partition coefficient (Wildman–Crippen LogP) is 2.86. The van der Waals surface area contributed by atoms with Crippen LogP contribution in [-0.2, 0) is 64.3 Å². The fourth-order valence-electron chi connectivity index (χ4n) is 6.04. The van der Waals surface area contributed by atoms with Gasteiger partial charge < -0.3 is 62.1 Å². The normalized spacial score (nSPS) is 10.8. The van der Waals surface area contributed by atoms with Crippen LogP contribution in [0.25, 0.3) is 0 Å². The number of benzene rings is 1. The van der Waals surface area contributed by atoms with E-state index in [0.29, 0.717) is 37.2 Å². The smallest absolute Gasteiger partial charge is 0.326 e. The predicted molar refractivity (Wildman–Crippen MR) is 254 cm³/mol. The van der Waals surface area contributed by atoms with Crippen molar-refractivity contribution in [2.75, 3.05) is 45.8 Å². The van der Waals surface area contributed by atoms with Gasteiger partial charge in [-0.1, -0.05) is 53.2 Å². The summed E-state index contributed by atoms with van der Waals surface area (Å²) >= 11 is 0.